The van der Waals surface area contributed by atoms with Crippen LogP contribution in [0.15, 0.2) is 0 Å². The van der Waals surface area contributed by atoms with Crippen LogP contribution in [0.2, 0.25) is 0 Å². The third-order valence-corrected chi connectivity index (χ3v) is 5.36. The Balaban J connectivity index is 1.97. The first-order chi connectivity index (χ1) is 10.2. The van der Waals surface area contributed by atoms with E-state index in [4.69, 9.17) is 0 Å². The van der Waals surface area contributed by atoms with Crippen molar-refractivity contribution >= 4 is 5.91 Å². The van der Waals surface area contributed by atoms with Crippen LogP contribution in [0, 0.1) is 0 Å². The van der Waals surface area contributed by atoms with Gasteiger partial charge in [0.25, 0.3) is 0 Å². The van der Waals surface area contributed by atoms with Gasteiger partial charge in [-0.05, 0) is 58.5 Å². The van der Waals surface area contributed by atoms with E-state index < -0.39 is 0 Å². The Morgan fingerprint density at radius 1 is 1.24 bits per heavy atom. The fraction of sp³-hybridized carbons (Fsp3) is 0.941. The van der Waals surface area contributed by atoms with Crippen molar-refractivity contribution in [2.45, 2.75) is 89.9 Å². The Hall–Kier alpha value is -0.610. The minimum Gasteiger partial charge on any atom is -0.352 e. The second-order valence-electron chi connectivity index (χ2n) is 6.70. The highest BCUT2D eigenvalue weighted by atomic mass is 16.2. The zero-order valence-corrected chi connectivity index (χ0v) is 14.0. The topological polar surface area (TPSA) is 44.4 Å². The number of carbonyl (C=O) groups is 1. The van der Waals surface area contributed by atoms with Gasteiger partial charge in [-0.2, -0.15) is 0 Å². The van der Waals surface area contributed by atoms with Gasteiger partial charge < -0.3 is 10.6 Å². The molecule has 4 heteroatoms. The normalized spacial score (nSPS) is 28.8. The average molecular weight is 295 g/mol. The van der Waals surface area contributed by atoms with E-state index in [1.54, 1.807) is 0 Å². The summed E-state index contributed by atoms with van der Waals surface area (Å²) in [6, 6.07) is 1.46. The molecule has 3 atom stereocenters. The molecule has 3 unspecified atom stereocenters. The Bertz CT molecular complexity index is 324. The minimum absolute atomic E-state index is 0.00157. The number of piperidine rings is 1. The quantitative estimate of drug-likeness (QED) is 0.790. The molecule has 122 valence electrons. The Morgan fingerprint density at radius 2 is 2.00 bits per heavy atom. The van der Waals surface area contributed by atoms with Gasteiger partial charge in [0.2, 0.25) is 5.91 Å². The van der Waals surface area contributed by atoms with Gasteiger partial charge in [-0.15, -0.1) is 0 Å². The van der Waals surface area contributed by atoms with Crippen molar-refractivity contribution in [3.05, 3.63) is 0 Å². The van der Waals surface area contributed by atoms with Gasteiger partial charge in [-0.3, -0.25) is 9.69 Å². The molecule has 0 saturated carbocycles. The zero-order valence-electron chi connectivity index (χ0n) is 14.0. The van der Waals surface area contributed by atoms with Gasteiger partial charge in [0.05, 0.1) is 6.04 Å². The molecule has 21 heavy (non-hydrogen) atoms. The van der Waals surface area contributed by atoms with Crippen molar-refractivity contribution in [1.29, 1.82) is 0 Å². The summed E-state index contributed by atoms with van der Waals surface area (Å²) in [7, 11) is 0. The summed E-state index contributed by atoms with van der Waals surface area (Å²) in [6.45, 7) is 8.59. The van der Waals surface area contributed by atoms with E-state index in [2.05, 4.69) is 36.3 Å². The van der Waals surface area contributed by atoms with Crippen molar-refractivity contribution in [3.8, 4) is 0 Å². The molecule has 0 radical (unpaired) electrons. The largest absolute Gasteiger partial charge is 0.352 e. The zero-order chi connectivity index (χ0) is 15.2. The van der Waals surface area contributed by atoms with Crippen LogP contribution < -0.4 is 10.6 Å². The number of hydrogen-bond donors (Lipinski definition) is 2. The molecule has 2 heterocycles. The molecule has 1 amide bonds. The van der Waals surface area contributed by atoms with Gasteiger partial charge in [0, 0.05) is 18.1 Å². The SMILES string of the molecule is CCC(CC)NC(=O)C(C)N1CCCCC1C1CCCN1. The number of rotatable bonds is 6. The van der Waals surface area contributed by atoms with E-state index >= 15 is 0 Å². The third-order valence-electron chi connectivity index (χ3n) is 5.36. The first kappa shape index (κ1) is 16.8. The standard InChI is InChI=1S/C17H33N3O/c1-4-14(5-2)19-17(21)13(3)20-12-7-6-10-16(20)15-9-8-11-18-15/h13-16,18H,4-12H2,1-3H3,(H,19,21). The van der Waals surface area contributed by atoms with Gasteiger partial charge >= 0.3 is 0 Å². The number of nitrogens with one attached hydrogen (secondary N) is 2. The summed E-state index contributed by atoms with van der Waals surface area (Å²) < 4.78 is 0. The van der Waals surface area contributed by atoms with E-state index in [1.807, 2.05) is 0 Å². The van der Waals surface area contributed by atoms with Crippen molar-refractivity contribution in [2.24, 2.45) is 0 Å². The van der Waals surface area contributed by atoms with Gasteiger partial charge in [-0.25, -0.2) is 0 Å². The smallest absolute Gasteiger partial charge is 0.237 e. The first-order valence-corrected chi connectivity index (χ1v) is 8.96. The summed E-state index contributed by atoms with van der Waals surface area (Å²) in [4.78, 5) is 15.0. The monoisotopic (exact) mass is 295 g/mol. The highest BCUT2D eigenvalue weighted by molar-refractivity contribution is 5.81. The molecule has 0 aromatic rings. The molecule has 0 bridgehead atoms. The van der Waals surface area contributed by atoms with Crippen LogP contribution in [0.25, 0.3) is 0 Å². The van der Waals surface area contributed by atoms with Crippen LogP contribution >= 0.6 is 0 Å². The van der Waals surface area contributed by atoms with Gasteiger partial charge in [0.1, 0.15) is 0 Å². The molecule has 0 aromatic heterocycles. The summed E-state index contributed by atoms with van der Waals surface area (Å²) in [5.41, 5.74) is 0. The predicted octanol–water partition coefficient (Wildman–Crippen LogP) is 2.29. The lowest BCUT2D eigenvalue weighted by molar-refractivity contribution is -0.128. The Morgan fingerprint density at radius 3 is 2.62 bits per heavy atom. The predicted molar refractivity (Wildman–Crippen MR) is 87.3 cm³/mol. The van der Waals surface area contributed by atoms with E-state index in [-0.39, 0.29) is 11.9 Å². The number of hydrogen-bond acceptors (Lipinski definition) is 3. The lowest BCUT2D eigenvalue weighted by Crippen LogP contribution is -2.57. The molecule has 2 fully saturated rings. The first-order valence-electron chi connectivity index (χ1n) is 8.96. The third kappa shape index (κ3) is 4.19. The van der Waals surface area contributed by atoms with Crippen molar-refractivity contribution in [1.82, 2.24) is 15.5 Å². The highest BCUT2D eigenvalue weighted by Crippen LogP contribution is 2.26. The minimum atomic E-state index is -0.00157. The van der Waals surface area contributed by atoms with Crippen LogP contribution in [0.3, 0.4) is 0 Å². The molecule has 4 nitrogen and oxygen atoms in total. The lowest BCUT2D eigenvalue weighted by Gasteiger charge is -2.42. The van der Waals surface area contributed by atoms with Crippen LogP contribution in [-0.2, 0) is 4.79 Å². The van der Waals surface area contributed by atoms with Crippen LogP contribution in [0.4, 0.5) is 0 Å². The maximum Gasteiger partial charge on any atom is 0.237 e. The summed E-state index contributed by atoms with van der Waals surface area (Å²) in [5.74, 6) is 0.216. The maximum atomic E-state index is 12.6. The van der Waals surface area contributed by atoms with Crippen molar-refractivity contribution in [2.75, 3.05) is 13.1 Å². The second-order valence-corrected chi connectivity index (χ2v) is 6.70. The molecule has 0 spiro atoms. The molecule has 0 aromatic carbocycles. The second kappa shape index (κ2) is 8.14. The van der Waals surface area contributed by atoms with Crippen molar-refractivity contribution < 1.29 is 4.79 Å². The number of amides is 1. The lowest BCUT2D eigenvalue weighted by atomic mass is 9.93. The van der Waals surface area contributed by atoms with Gasteiger partial charge in [-0.1, -0.05) is 20.3 Å². The van der Waals surface area contributed by atoms with E-state index in [1.165, 1.54) is 32.1 Å². The molecule has 2 saturated heterocycles. The molecule has 2 aliphatic rings. The fourth-order valence-electron chi connectivity index (χ4n) is 3.90. The van der Waals surface area contributed by atoms with Crippen molar-refractivity contribution in [3.63, 3.8) is 0 Å². The Kier molecular flexibility index (Phi) is 6.49. The average Bonchev–Trinajstić information content (AvgIpc) is 3.05. The molecule has 2 N–H and O–H groups in total. The molecule has 2 aliphatic heterocycles. The highest BCUT2D eigenvalue weighted by Gasteiger charge is 2.36. The van der Waals surface area contributed by atoms with Gasteiger partial charge in [0.15, 0.2) is 0 Å². The molecular formula is C17H33N3O. The Labute approximate surface area is 130 Å². The van der Waals surface area contributed by atoms with Crippen LogP contribution in [0.1, 0.15) is 65.7 Å². The molecule has 2 rings (SSSR count). The maximum absolute atomic E-state index is 12.6. The summed E-state index contributed by atoms with van der Waals surface area (Å²) >= 11 is 0. The van der Waals surface area contributed by atoms with E-state index in [0.717, 1.165) is 25.9 Å². The number of carbonyl (C=O) groups excluding carboxylic acids is 1. The van der Waals surface area contributed by atoms with E-state index in [9.17, 15) is 4.79 Å². The fourth-order valence-corrected chi connectivity index (χ4v) is 3.90. The number of nitrogens with zero attached hydrogens (tertiary/aromatic N) is 1. The van der Waals surface area contributed by atoms with E-state index in [0.29, 0.717) is 18.1 Å². The van der Waals surface area contributed by atoms with Crippen LogP contribution in [-0.4, -0.2) is 48.1 Å². The summed E-state index contributed by atoms with van der Waals surface area (Å²) in [5, 5.41) is 6.86. The molecular weight excluding hydrogens is 262 g/mol. The number of likely N-dealkylation sites (tertiary alicyclic amines) is 1. The van der Waals surface area contributed by atoms with Crippen LogP contribution in [0.5, 0.6) is 0 Å². The molecule has 0 aliphatic carbocycles. The summed E-state index contributed by atoms with van der Waals surface area (Å²) in [6.07, 6.45) is 8.35.